The maximum Gasteiger partial charge on any atom is 0.239 e. The average molecular weight is 474 g/mol. The van der Waals surface area contributed by atoms with Gasteiger partial charge in [0.15, 0.2) is 0 Å². The van der Waals surface area contributed by atoms with E-state index >= 15 is 0 Å². The molecule has 0 saturated carbocycles. The highest BCUT2D eigenvalue weighted by molar-refractivity contribution is 5.89. The number of hydrogen-bond donors (Lipinski definition) is 3. The predicted octanol–water partition coefficient (Wildman–Crippen LogP) is 2.56. The predicted molar refractivity (Wildman–Crippen MR) is 135 cm³/mol. The van der Waals surface area contributed by atoms with Crippen LogP contribution < -0.4 is 21.1 Å². The molecule has 8 nitrogen and oxygen atoms in total. The van der Waals surface area contributed by atoms with Gasteiger partial charge in [0.1, 0.15) is 12.0 Å². The summed E-state index contributed by atoms with van der Waals surface area (Å²) in [7, 11) is 1.67. The molecular formula is C26H39N3O5. The number of rotatable bonds is 6. The number of hydrogen-bond acceptors (Lipinski definition) is 6. The summed E-state index contributed by atoms with van der Waals surface area (Å²) in [4.78, 5) is 31.9. The number of benzene rings is 2. The molecule has 0 radical (unpaired) electrons. The molecule has 1 fully saturated rings. The van der Waals surface area contributed by atoms with E-state index in [9.17, 15) is 14.4 Å². The topological polar surface area (TPSA) is 123 Å². The van der Waals surface area contributed by atoms with Crippen LogP contribution in [-0.2, 0) is 19.1 Å². The SMILES string of the molecule is CC(C)(N)C(=O)NCC(=O)NCC=O.CC1CO1.COc1ccc(C)cc1.Cc1ccccc1. The third-order valence-corrected chi connectivity index (χ3v) is 4.07. The van der Waals surface area contributed by atoms with E-state index < -0.39 is 17.4 Å². The summed E-state index contributed by atoms with van der Waals surface area (Å²) in [6.07, 6.45) is 1.15. The quantitative estimate of drug-likeness (QED) is 0.438. The van der Waals surface area contributed by atoms with Gasteiger partial charge in [0.05, 0.1) is 38.4 Å². The minimum atomic E-state index is -1.01. The van der Waals surface area contributed by atoms with Crippen molar-refractivity contribution in [2.45, 2.75) is 46.3 Å². The molecule has 2 aromatic rings. The number of aldehydes is 1. The lowest BCUT2D eigenvalue weighted by atomic mass is 10.1. The summed E-state index contributed by atoms with van der Waals surface area (Å²) in [5, 5.41) is 4.62. The summed E-state index contributed by atoms with van der Waals surface area (Å²) in [6, 6.07) is 18.2. The van der Waals surface area contributed by atoms with Gasteiger partial charge in [-0.2, -0.15) is 0 Å². The largest absolute Gasteiger partial charge is 0.497 e. The Hall–Kier alpha value is -3.23. The maximum atomic E-state index is 11.2. The zero-order valence-electron chi connectivity index (χ0n) is 21.1. The van der Waals surface area contributed by atoms with E-state index in [1.54, 1.807) is 7.11 Å². The van der Waals surface area contributed by atoms with Crippen molar-refractivity contribution in [1.29, 1.82) is 0 Å². The van der Waals surface area contributed by atoms with Gasteiger partial charge < -0.3 is 30.6 Å². The Morgan fingerprint density at radius 2 is 1.56 bits per heavy atom. The lowest BCUT2D eigenvalue weighted by Gasteiger charge is -2.17. The molecular weight excluding hydrogens is 434 g/mol. The molecule has 2 aromatic carbocycles. The molecule has 3 rings (SSSR count). The normalized spacial score (nSPS) is 13.2. The molecule has 1 aliphatic heterocycles. The van der Waals surface area contributed by atoms with Gasteiger partial charge in [-0.15, -0.1) is 0 Å². The van der Waals surface area contributed by atoms with Crippen molar-refractivity contribution in [3.8, 4) is 5.75 Å². The fourth-order valence-electron chi connectivity index (χ4n) is 1.91. The second kappa shape index (κ2) is 17.3. The van der Waals surface area contributed by atoms with Gasteiger partial charge in [0.2, 0.25) is 11.8 Å². The Bertz CT molecular complexity index is 830. The summed E-state index contributed by atoms with van der Waals surface area (Å²) in [6.45, 7) is 10.0. The van der Waals surface area contributed by atoms with Crippen LogP contribution in [0.2, 0.25) is 0 Å². The Morgan fingerprint density at radius 3 is 1.91 bits per heavy atom. The summed E-state index contributed by atoms with van der Waals surface area (Å²) in [5.41, 5.74) is 7.04. The molecule has 0 spiro atoms. The summed E-state index contributed by atoms with van der Waals surface area (Å²) in [5.74, 6) is 0.0778. The molecule has 1 unspecified atom stereocenters. The Labute approximate surface area is 203 Å². The van der Waals surface area contributed by atoms with Crippen LogP contribution in [0.5, 0.6) is 5.75 Å². The number of aryl methyl sites for hydroxylation is 2. The molecule has 1 atom stereocenters. The van der Waals surface area contributed by atoms with E-state index in [2.05, 4.69) is 43.5 Å². The second-order valence-corrected chi connectivity index (χ2v) is 8.19. The minimum Gasteiger partial charge on any atom is -0.497 e. The molecule has 0 aliphatic carbocycles. The van der Waals surface area contributed by atoms with Crippen molar-refractivity contribution < 1.29 is 23.9 Å². The van der Waals surface area contributed by atoms with Crippen molar-refractivity contribution >= 4 is 18.1 Å². The first kappa shape index (κ1) is 30.8. The molecule has 0 aromatic heterocycles. The van der Waals surface area contributed by atoms with Crippen molar-refractivity contribution in [3.63, 3.8) is 0 Å². The smallest absolute Gasteiger partial charge is 0.239 e. The number of ether oxygens (including phenoxy) is 2. The molecule has 8 heteroatoms. The first-order valence-electron chi connectivity index (χ1n) is 11.0. The molecule has 1 saturated heterocycles. The van der Waals surface area contributed by atoms with Gasteiger partial charge in [-0.05, 0) is 46.8 Å². The van der Waals surface area contributed by atoms with Crippen molar-refractivity contribution in [3.05, 3.63) is 65.7 Å². The van der Waals surface area contributed by atoms with Crippen LogP contribution in [0.25, 0.3) is 0 Å². The zero-order chi connectivity index (χ0) is 26.0. The van der Waals surface area contributed by atoms with Crippen LogP contribution in [0, 0.1) is 13.8 Å². The third-order valence-electron chi connectivity index (χ3n) is 4.07. The second-order valence-electron chi connectivity index (χ2n) is 8.19. The van der Waals surface area contributed by atoms with Crippen LogP contribution in [0.4, 0.5) is 0 Å². The number of amides is 2. The lowest BCUT2D eigenvalue weighted by molar-refractivity contribution is -0.128. The fraction of sp³-hybridized carbons (Fsp3) is 0.423. The number of epoxide rings is 1. The minimum absolute atomic E-state index is 0.0548. The molecule has 4 N–H and O–H groups in total. The third kappa shape index (κ3) is 18.4. The van der Waals surface area contributed by atoms with Gasteiger partial charge >= 0.3 is 0 Å². The van der Waals surface area contributed by atoms with Crippen LogP contribution in [0.15, 0.2) is 54.6 Å². The Balaban J connectivity index is 0.000000463. The first-order chi connectivity index (χ1) is 16.0. The fourth-order valence-corrected chi connectivity index (χ4v) is 1.91. The monoisotopic (exact) mass is 473 g/mol. The lowest BCUT2D eigenvalue weighted by Crippen LogP contribution is -2.51. The van der Waals surface area contributed by atoms with Gasteiger partial charge in [0, 0.05) is 0 Å². The number of nitrogens with one attached hydrogen (secondary N) is 2. The summed E-state index contributed by atoms with van der Waals surface area (Å²) < 4.78 is 9.68. The molecule has 0 bridgehead atoms. The molecule has 2 amide bonds. The van der Waals surface area contributed by atoms with E-state index in [0.29, 0.717) is 12.4 Å². The Kier molecular flexibility index (Phi) is 15.6. The Morgan fingerprint density at radius 1 is 1.06 bits per heavy atom. The van der Waals surface area contributed by atoms with Crippen LogP contribution in [0.3, 0.4) is 0 Å². The average Bonchev–Trinajstić information content (AvgIpc) is 3.59. The zero-order valence-corrected chi connectivity index (χ0v) is 21.1. The van der Waals surface area contributed by atoms with Crippen molar-refractivity contribution in [2.75, 3.05) is 26.8 Å². The van der Waals surface area contributed by atoms with E-state index in [1.807, 2.05) is 42.5 Å². The van der Waals surface area contributed by atoms with Gasteiger partial charge in [0.25, 0.3) is 0 Å². The highest BCUT2D eigenvalue weighted by atomic mass is 16.6. The van der Waals surface area contributed by atoms with E-state index in [0.717, 1.165) is 12.4 Å². The number of methoxy groups -OCH3 is 1. The van der Waals surface area contributed by atoms with Crippen molar-refractivity contribution in [1.82, 2.24) is 10.6 Å². The van der Waals surface area contributed by atoms with Crippen LogP contribution >= 0.6 is 0 Å². The number of carbonyl (C=O) groups excluding carboxylic acids is 3. The van der Waals surface area contributed by atoms with E-state index in [-0.39, 0.29) is 13.1 Å². The molecule has 188 valence electrons. The van der Waals surface area contributed by atoms with Gasteiger partial charge in [-0.3, -0.25) is 9.59 Å². The molecule has 1 heterocycles. The number of nitrogens with two attached hydrogens (primary N) is 1. The highest BCUT2D eigenvalue weighted by Crippen LogP contribution is 2.09. The van der Waals surface area contributed by atoms with Gasteiger partial charge in [-0.25, -0.2) is 0 Å². The van der Waals surface area contributed by atoms with Crippen molar-refractivity contribution in [2.24, 2.45) is 5.73 Å². The standard InChI is InChI=1S/C8H15N3O3.C8H10O.C7H8.C3H6O/c1-8(2,9)7(14)11-5-6(13)10-3-4-12;1-7-3-5-8(9-2)6-4-7;1-7-5-3-2-4-6-7;1-3-2-4-3/h4H,3,5,9H2,1-2H3,(H,10,13)(H,11,14);3-6H,1-2H3;2-6H,1H3;3H,2H2,1H3. The molecule has 34 heavy (non-hydrogen) atoms. The highest BCUT2D eigenvalue weighted by Gasteiger charge is 2.21. The van der Waals surface area contributed by atoms with Crippen LogP contribution in [0.1, 0.15) is 31.9 Å². The number of carbonyl (C=O) groups is 3. The molecule has 1 aliphatic rings. The van der Waals surface area contributed by atoms with E-state index in [4.69, 9.17) is 15.2 Å². The summed E-state index contributed by atoms with van der Waals surface area (Å²) >= 11 is 0. The van der Waals surface area contributed by atoms with Gasteiger partial charge in [-0.1, -0.05) is 53.6 Å². The van der Waals surface area contributed by atoms with E-state index in [1.165, 1.54) is 25.0 Å². The van der Waals surface area contributed by atoms with Crippen LogP contribution in [-0.4, -0.2) is 56.5 Å². The maximum absolute atomic E-state index is 11.2. The first-order valence-corrected chi connectivity index (χ1v) is 11.0.